The van der Waals surface area contributed by atoms with Crippen molar-refractivity contribution in [1.82, 2.24) is 5.32 Å². The van der Waals surface area contributed by atoms with Crippen LogP contribution in [0.25, 0.3) is 0 Å². The number of carbonyl (C=O) groups excluding carboxylic acids is 1. The lowest BCUT2D eigenvalue weighted by Gasteiger charge is -2.40. The number of hydrogen-bond acceptors (Lipinski definition) is 8. The van der Waals surface area contributed by atoms with Crippen molar-refractivity contribution in [2.45, 2.75) is 346 Å². The van der Waals surface area contributed by atoms with Crippen molar-refractivity contribution < 1.29 is 39.8 Å². The molecule has 1 aliphatic rings. The van der Waals surface area contributed by atoms with Crippen LogP contribution < -0.4 is 5.32 Å². The molecule has 0 saturated carbocycles. The Kier molecular flexibility index (Phi) is 50.2. The van der Waals surface area contributed by atoms with Crippen molar-refractivity contribution in [2.75, 3.05) is 13.2 Å². The van der Waals surface area contributed by atoms with Crippen LogP contribution in [-0.4, -0.2) is 87.5 Å². The van der Waals surface area contributed by atoms with Gasteiger partial charge in [0, 0.05) is 6.42 Å². The maximum absolute atomic E-state index is 13.1. The Morgan fingerprint density at radius 1 is 0.458 bits per heavy atom. The highest BCUT2D eigenvalue weighted by atomic mass is 16.7. The molecule has 1 saturated heterocycles. The van der Waals surface area contributed by atoms with E-state index in [4.69, 9.17) is 9.47 Å². The molecule has 7 atom stereocenters. The van der Waals surface area contributed by atoms with Gasteiger partial charge in [-0.05, 0) is 44.9 Å². The molecule has 0 aliphatic carbocycles. The molecule has 7 unspecified atom stereocenters. The molecule has 0 aromatic rings. The molecule has 0 aromatic carbocycles. The Labute approximate surface area is 444 Å². The van der Waals surface area contributed by atoms with Gasteiger partial charge in [0.1, 0.15) is 24.4 Å². The minimum atomic E-state index is -1.57. The first kappa shape index (κ1) is 68.4. The van der Waals surface area contributed by atoms with E-state index in [0.29, 0.717) is 6.42 Å². The smallest absolute Gasteiger partial charge is 0.220 e. The Hall–Kier alpha value is -1.59. The fourth-order valence-corrected chi connectivity index (χ4v) is 10.0. The number of rotatable bonds is 54. The number of carbonyl (C=O) groups is 1. The number of unbranched alkanes of at least 4 members (excludes halogenated alkanes) is 40. The van der Waals surface area contributed by atoms with Gasteiger partial charge in [-0.25, -0.2) is 0 Å². The second-order valence-electron chi connectivity index (χ2n) is 21.8. The Balaban J connectivity index is 2.21. The Morgan fingerprint density at radius 2 is 0.792 bits per heavy atom. The van der Waals surface area contributed by atoms with E-state index in [1.54, 1.807) is 6.08 Å². The van der Waals surface area contributed by atoms with Gasteiger partial charge in [0.25, 0.3) is 0 Å². The van der Waals surface area contributed by atoms with Gasteiger partial charge in [0.05, 0.1) is 25.4 Å². The van der Waals surface area contributed by atoms with E-state index in [1.807, 2.05) is 6.08 Å². The van der Waals surface area contributed by atoms with Crippen LogP contribution in [0.2, 0.25) is 0 Å². The first-order chi connectivity index (χ1) is 35.3. The normalized spacial score (nSPS) is 19.3. The van der Waals surface area contributed by atoms with Gasteiger partial charge in [-0.15, -0.1) is 0 Å². The zero-order valence-corrected chi connectivity index (χ0v) is 47.2. The van der Waals surface area contributed by atoms with Crippen molar-refractivity contribution in [1.29, 1.82) is 0 Å². The molecule has 1 aliphatic heterocycles. The second-order valence-corrected chi connectivity index (χ2v) is 21.8. The molecule has 0 radical (unpaired) electrons. The summed E-state index contributed by atoms with van der Waals surface area (Å²) in [4.78, 5) is 13.1. The van der Waals surface area contributed by atoms with E-state index < -0.39 is 49.5 Å². The summed E-state index contributed by atoms with van der Waals surface area (Å²) in [6.45, 7) is 3.80. The molecule has 9 nitrogen and oxygen atoms in total. The number of ether oxygens (including phenoxy) is 2. The fourth-order valence-electron chi connectivity index (χ4n) is 10.0. The minimum Gasteiger partial charge on any atom is -0.394 e. The van der Waals surface area contributed by atoms with Gasteiger partial charge in [0.2, 0.25) is 5.91 Å². The van der Waals surface area contributed by atoms with Crippen molar-refractivity contribution in [2.24, 2.45) is 0 Å². The third-order valence-electron chi connectivity index (χ3n) is 14.9. The highest BCUT2D eigenvalue weighted by Crippen LogP contribution is 2.23. The molecule has 1 amide bonds. The summed E-state index contributed by atoms with van der Waals surface area (Å²) in [5, 5.41) is 54.5. The highest BCUT2D eigenvalue weighted by molar-refractivity contribution is 5.76. The summed E-state index contributed by atoms with van der Waals surface area (Å²) < 4.78 is 11.3. The monoisotopic (exact) mass is 1020 g/mol. The third-order valence-corrected chi connectivity index (χ3v) is 14.9. The zero-order valence-electron chi connectivity index (χ0n) is 47.2. The standard InChI is InChI=1S/C63H119NO8/c1-3-5-7-9-11-13-15-17-19-21-23-24-25-26-27-28-29-30-31-32-33-35-36-38-40-42-44-46-48-50-52-57(66)56(55-71-63-62(70)61(69)60(68)58(54-65)72-63)64-59(67)53-51-49-47-45-43-41-39-37-34-22-20-18-16-14-12-10-8-6-4-2/h35-36,42,44,50,52,56-58,60-63,65-66,68-70H,3-34,37-41,43,45-49,51,53-55H2,1-2H3,(H,64,67)/b36-35+,44-42+,52-50+. The maximum Gasteiger partial charge on any atom is 0.220 e. The quantitative estimate of drug-likeness (QED) is 0.0261. The highest BCUT2D eigenvalue weighted by Gasteiger charge is 2.44. The van der Waals surface area contributed by atoms with Crippen LogP contribution in [0, 0.1) is 0 Å². The SMILES string of the molecule is CCCCCCCCCCCCCCCCCCCCCC/C=C/CC/C=C/CC/C=C/C(O)C(COC1OC(CO)C(O)C(O)C1O)NC(=O)CCCCCCCCCCCCCCCCCCCCC. The third kappa shape index (κ3) is 41.6. The lowest BCUT2D eigenvalue weighted by Crippen LogP contribution is -2.60. The molecular weight excluding hydrogens is 899 g/mol. The van der Waals surface area contributed by atoms with Gasteiger partial charge in [0.15, 0.2) is 6.29 Å². The topological polar surface area (TPSA) is 149 Å². The summed E-state index contributed by atoms with van der Waals surface area (Å²) in [6.07, 6.45) is 62.3. The van der Waals surface area contributed by atoms with E-state index in [-0.39, 0.29) is 12.5 Å². The lowest BCUT2D eigenvalue weighted by atomic mass is 9.99. The van der Waals surface area contributed by atoms with Crippen molar-refractivity contribution in [3.63, 3.8) is 0 Å². The summed E-state index contributed by atoms with van der Waals surface area (Å²) in [6, 6.07) is -0.826. The molecule has 0 aromatic heterocycles. The molecule has 9 heteroatoms. The predicted octanol–water partition coefficient (Wildman–Crippen LogP) is 15.9. The van der Waals surface area contributed by atoms with Crippen LogP contribution in [0.4, 0.5) is 0 Å². The van der Waals surface area contributed by atoms with Crippen molar-refractivity contribution >= 4 is 5.91 Å². The van der Waals surface area contributed by atoms with Gasteiger partial charge >= 0.3 is 0 Å². The first-order valence-electron chi connectivity index (χ1n) is 31.2. The molecule has 1 rings (SSSR count). The van der Waals surface area contributed by atoms with E-state index >= 15 is 0 Å². The van der Waals surface area contributed by atoms with Crippen LogP contribution in [-0.2, 0) is 14.3 Å². The molecule has 1 fully saturated rings. The van der Waals surface area contributed by atoms with Crippen LogP contribution in [0.3, 0.4) is 0 Å². The van der Waals surface area contributed by atoms with E-state index in [1.165, 1.54) is 238 Å². The van der Waals surface area contributed by atoms with Crippen LogP contribution in [0.1, 0.15) is 303 Å². The Bertz CT molecular complexity index is 1230. The summed E-state index contributed by atoms with van der Waals surface area (Å²) >= 11 is 0. The summed E-state index contributed by atoms with van der Waals surface area (Å²) in [7, 11) is 0. The average Bonchev–Trinajstić information content (AvgIpc) is 3.38. The van der Waals surface area contributed by atoms with Gasteiger partial charge in [-0.3, -0.25) is 4.79 Å². The summed E-state index contributed by atoms with van der Waals surface area (Å²) in [5.74, 6) is -0.186. The van der Waals surface area contributed by atoms with Crippen LogP contribution >= 0.6 is 0 Å². The first-order valence-corrected chi connectivity index (χ1v) is 31.2. The number of aliphatic hydroxyl groups is 5. The number of aliphatic hydroxyl groups excluding tert-OH is 5. The van der Waals surface area contributed by atoms with Crippen molar-refractivity contribution in [3.05, 3.63) is 36.5 Å². The minimum absolute atomic E-state index is 0.186. The maximum atomic E-state index is 13.1. The van der Waals surface area contributed by atoms with Gasteiger partial charge < -0.3 is 40.3 Å². The van der Waals surface area contributed by atoms with E-state index in [0.717, 1.165) is 44.9 Å². The predicted molar refractivity (Wildman–Crippen MR) is 304 cm³/mol. The lowest BCUT2D eigenvalue weighted by molar-refractivity contribution is -0.302. The van der Waals surface area contributed by atoms with E-state index in [9.17, 15) is 30.3 Å². The van der Waals surface area contributed by atoms with Gasteiger partial charge in [-0.1, -0.05) is 288 Å². The average molecular weight is 1020 g/mol. The molecular formula is C63H119NO8. The molecule has 6 N–H and O–H groups in total. The van der Waals surface area contributed by atoms with Gasteiger partial charge in [-0.2, -0.15) is 0 Å². The second kappa shape index (κ2) is 52.8. The van der Waals surface area contributed by atoms with Crippen LogP contribution in [0.5, 0.6) is 0 Å². The molecule has 424 valence electrons. The Morgan fingerprint density at radius 3 is 1.17 bits per heavy atom. The molecule has 0 spiro atoms. The van der Waals surface area contributed by atoms with E-state index in [2.05, 4.69) is 43.5 Å². The number of allylic oxidation sites excluding steroid dienone is 5. The van der Waals surface area contributed by atoms with Crippen molar-refractivity contribution in [3.8, 4) is 0 Å². The number of nitrogens with one attached hydrogen (secondary N) is 1. The molecule has 0 bridgehead atoms. The fraction of sp³-hybridized carbons (Fsp3) is 0.889. The molecule has 1 heterocycles. The largest absolute Gasteiger partial charge is 0.394 e. The zero-order chi connectivity index (χ0) is 52.2. The number of hydrogen-bond donors (Lipinski definition) is 6. The number of amides is 1. The van der Waals surface area contributed by atoms with Crippen LogP contribution in [0.15, 0.2) is 36.5 Å². The summed E-state index contributed by atoms with van der Waals surface area (Å²) in [5.41, 5.74) is 0. The molecule has 72 heavy (non-hydrogen) atoms.